The number of methoxy groups -OCH3 is 1. The molecule has 0 aromatic heterocycles. The number of carboxylic acids is 1. The highest BCUT2D eigenvalue weighted by Crippen LogP contribution is 2.14. The average molecular weight is 323 g/mol. The maximum absolute atomic E-state index is 11.6. The molecule has 6 heteroatoms. The van der Waals surface area contributed by atoms with Crippen molar-refractivity contribution in [1.82, 2.24) is 5.32 Å². The summed E-state index contributed by atoms with van der Waals surface area (Å²) in [6.07, 6.45) is 3.90. The number of rotatable bonds is 10. The van der Waals surface area contributed by atoms with Crippen molar-refractivity contribution in [3.63, 3.8) is 0 Å². The van der Waals surface area contributed by atoms with Crippen LogP contribution in [0.3, 0.4) is 0 Å². The molecule has 0 heterocycles. The topological polar surface area (TPSA) is 95.9 Å². The van der Waals surface area contributed by atoms with Crippen LogP contribution in [0.25, 0.3) is 0 Å². The number of nitrogens with one attached hydrogen (secondary N) is 1. The van der Waals surface area contributed by atoms with E-state index in [2.05, 4.69) is 5.32 Å². The van der Waals surface area contributed by atoms with Crippen LogP contribution in [0.5, 0.6) is 5.75 Å². The van der Waals surface area contributed by atoms with Gasteiger partial charge in [0.05, 0.1) is 13.7 Å². The number of hydrogen-bond acceptors (Lipinski definition) is 4. The van der Waals surface area contributed by atoms with Gasteiger partial charge < -0.3 is 20.3 Å². The van der Waals surface area contributed by atoms with E-state index in [0.29, 0.717) is 6.42 Å². The molecule has 0 aliphatic carbocycles. The lowest BCUT2D eigenvalue weighted by Crippen LogP contribution is -2.46. The lowest BCUT2D eigenvalue weighted by Gasteiger charge is -2.18. The van der Waals surface area contributed by atoms with Crippen LogP contribution in [0.4, 0.5) is 0 Å². The fraction of sp³-hybridized carbons (Fsp3) is 0.529. The number of carbonyl (C=O) groups is 2. The Morgan fingerprint density at radius 2 is 1.83 bits per heavy atom. The second-order valence-corrected chi connectivity index (χ2v) is 5.76. The molecule has 1 aromatic rings. The van der Waals surface area contributed by atoms with E-state index in [4.69, 9.17) is 9.84 Å². The second-order valence-electron chi connectivity index (χ2n) is 5.76. The Morgan fingerprint density at radius 3 is 2.39 bits per heavy atom. The molecule has 3 N–H and O–H groups in total. The summed E-state index contributed by atoms with van der Waals surface area (Å²) in [7, 11) is 1.63. The highest BCUT2D eigenvalue weighted by Gasteiger charge is 2.29. The zero-order valence-corrected chi connectivity index (χ0v) is 13.7. The van der Waals surface area contributed by atoms with Crippen LogP contribution >= 0.6 is 0 Å². The van der Waals surface area contributed by atoms with Crippen molar-refractivity contribution in [3.8, 4) is 5.75 Å². The SMILES string of the molecule is COc1ccc(CCCCCC(=O)NCC(C)(O)C(=O)O)cc1. The molecule has 0 spiro atoms. The second kappa shape index (κ2) is 9.15. The van der Waals surface area contributed by atoms with Crippen LogP contribution < -0.4 is 10.1 Å². The predicted molar refractivity (Wildman–Crippen MR) is 86.4 cm³/mol. The lowest BCUT2D eigenvalue weighted by molar-refractivity contribution is -0.156. The van der Waals surface area contributed by atoms with Gasteiger partial charge in [0.2, 0.25) is 5.91 Å². The highest BCUT2D eigenvalue weighted by atomic mass is 16.5. The molecule has 1 unspecified atom stereocenters. The minimum atomic E-state index is -1.93. The van der Waals surface area contributed by atoms with Gasteiger partial charge in [-0.3, -0.25) is 4.79 Å². The molecule has 0 aliphatic heterocycles. The molecule has 0 radical (unpaired) electrons. The maximum Gasteiger partial charge on any atom is 0.337 e. The molecule has 1 atom stereocenters. The van der Waals surface area contributed by atoms with Crippen LogP contribution in [0.1, 0.15) is 38.2 Å². The fourth-order valence-corrected chi connectivity index (χ4v) is 2.02. The summed E-state index contributed by atoms with van der Waals surface area (Å²) in [6.45, 7) is 0.873. The molecule has 0 saturated heterocycles. The van der Waals surface area contributed by atoms with Gasteiger partial charge in [-0.1, -0.05) is 18.6 Å². The monoisotopic (exact) mass is 323 g/mol. The van der Waals surface area contributed by atoms with Crippen molar-refractivity contribution in [2.75, 3.05) is 13.7 Å². The zero-order chi connectivity index (χ0) is 17.3. The molecule has 0 fully saturated rings. The van der Waals surface area contributed by atoms with E-state index in [9.17, 15) is 14.7 Å². The smallest absolute Gasteiger partial charge is 0.337 e. The molecule has 128 valence electrons. The number of aryl methyl sites for hydroxylation is 1. The number of carboxylic acid groups (broad SMARTS) is 1. The van der Waals surface area contributed by atoms with Gasteiger partial charge in [0, 0.05) is 6.42 Å². The van der Waals surface area contributed by atoms with E-state index in [1.54, 1.807) is 7.11 Å². The number of aliphatic hydroxyl groups is 1. The normalized spacial score (nSPS) is 13.2. The Labute approximate surface area is 136 Å². The Morgan fingerprint density at radius 1 is 1.17 bits per heavy atom. The fourth-order valence-electron chi connectivity index (χ4n) is 2.02. The summed E-state index contributed by atoms with van der Waals surface area (Å²) < 4.78 is 5.10. The summed E-state index contributed by atoms with van der Waals surface area (Å²) in [4.78, 5) is 22.3. The first kappa shape index (κ1) is 19.0. The van der Waals surface area contributed by atoms with Gasteiger partial charge >= 0.3 is 5.97 Å². The van der Waals surface area contributed by atoms with Gasteiger partial charge in [0.15, 0.2) is 5.60 Å². The third-order valence-electron chi connectivity index (χ3n) is 3.62. The standard InChI is InChI=1S/C17H25NO5/c1-17(22,16(20)21)12-18-15(19)7-5-3-4-6-13-8-10-14(23-2)11-9-13/h8-11,22H,3-7,12H2,1-2H3,(H,18,19)(H,20,21). The summed E-state index contributed by atoms with van der Waals surface area (Å²) >= 11 is 0. The molecule has 1 amide bonds. The van der Waals surface area contributed by atoms with Crippen molar-refractivity contribution in [1.29, 1.82) is 0 Å². The Balaban J connectivity index is 2.14. The minimum absolute atomic E-state index is 0.240. The van der Waals surface area contributed by atoms with Gasteiger partial charge in [0.1, 0.15) is 5.75 Å². The lowest BCUT2D eigenvalue weighted by atomic mass is 10.1. The number of aliphatic carboxylic acids is 1. The van der Waals surface area contributed by atoms with Gasteiger partial charge in [-0.15, -0.1) is 0 Å². The highest BCUT2D eigenvalue weighted by molar-refractivity contribution is 5.80. The van der Waals surface area contributed by atoms with Crippen LogP contribution in [0, 0.1) is 0 Å². The molecule has 0 bridgehead atoms. The van der Waals surface area contributed by atoms with Crippen LogP contribution in [0.15, 0.2) is 24.3 Å². The first-order valence-electron chi connectivity index (χ1n) is 7.70. The number of benzene rings is 1. The van der Waals surface area contributed by atoms with E-state index in [1.165, 1.54) is 5.56 Å². The first-order valence-corrected chi connectivity index (χ1v) is 7.70. The van der Waals surface area contributed by atoms with Crippen LogP contribution in [-0.2, 0) is 16.0 Å². The predicted octanol–water partition coefficient (Wildman–Crippen LogP) is 1.75. The van der Waals surface area contributed by atoms with E-state index in [0.717, 1.165) is 38.4 Å². The molecule has 23 heavy (non-hydrogen) atoms. The Kier molecular flexibility index (Phi) is 7.54. The molecule has 6 nitrogen and oxygen atoms in total. The largest absolute Gasteiger partial charge is 0.497 e. The van der Waals surface area contributed by atoms with E-state index in [1.807, 2.05) is 24.3 Å². The third kappa shape index (κ3) is 7.15. The van der Waals surface area contributed by atoms with Crippen LogP contribution in [0.2, 0.25) is 0 Å². The molecule has 0 saturated carbocycles. The van der Waals surface area contributed by atoms with Crippen molar-refractivity contribution in [3.05, 3.63) is 29.8 Å². The number of carbonyl (C=O) groups excluding carboxylic acids is 1. The summed E-state index contributed by atoms with van der Waals surface area (Å²) in [6, 6.07) is 7.91. The van der Waals surface area contributed by atoms with E-state index < -0.39 is 11.6 Å². The summed E-state index contributed by atoms with van der Waals surface area (Å²) in [5.74, 6) is -0.754. The molecule has 1 aromatic carbocycles. The first-order chi connectivity index (χ1) is 10.8. The quantitative estimate of drug-likeness (QED) is 0.570. The van der Waals surface area contributed by atoms with Crippen molar-refractivity contribution in [2.24, 2.45) is 0 Å². The number of amides is 1. The van der Waals surface area contributed by atoms with Gasteiger partial charge in [-0.2, -0.15) is 0 Å². The van der Waals surface area contributed by atoms with Gasteiger partial charge in [-0.05, 0) is 43.9 Å². The molecular formula is C17H25NO5. The van der Waals surface area contributed by atoms with Crippen molar-refractivity contribution >= 4 is 11.9 Å². The maximum atomic E-state index is 11.6. The summed E-state index contributed by atoms with van der Waals surface area (Å²) in [5.41, 5.74) is -0.697. The molecular weight excluding hydrogens is 298 g/mol. The number of unbranched alkanes of at least 4 members (excludes halogenated alkanes) is 2. The van der Waals surface area contributed by atoms with Gasteiger partial charge in [0.25, 0.3) is 0 Å². The van der Waals surface area contributed by atoms with Crippen molar-refractivity contribution < 1.29 is 24.5 Å². The Bertz CT molecular complexity index is 510. The zero-order valence-electron chi connectivity index (χ0n) is 13.7. The number of hydrogen-bond donors (Lipinski definition) is 3. The third-order valence-corrected chi connectivity index (χ3v) is 3.62. The van der Waals surface area contributed by atoms with E-state index >= 15 is 0 Å². The van der Waals surface area contributed by atoms with Gasteiger partial charge in [-0.25, -0.2) is 4.79 Å². The summed E-state index contributed by atoms with van der Waals surface area (Å²) in [5, 5.41) is 20.7. The number of ether oxygens (including phenoxy) is 1. The minimum Gasteiger partial charge on any atom is -0.497 e. The van der Waals surface area contributed by atoms with E-state index in [-0.39, 0.29) is 12.5 Å². The molecule has 0 aliphatic rings. The molecule has 1 rings (SSSR count). The average Bonchev–Trinajstić information content (AvgIpc) is 2.53. The van der Waals surface area contributed by atoms with Crippen molar-refractivity contribution in [2.45, 2.75) is 44.6 Å². The Hall–Kier alpha value is -2.08. The van der Waals surface area contributed by atoms with Crippen LogP contribution in [-0.4, -0.2) is 41.3 Å².